The first-order chi connectivity index (χ1) is 15.4. The number of ether oxygens (including phenoxy) is 2. The van der Waals surface area contributed by atoms with Gasteiger partial charge >= 0.3 is 0 Å². The number of pyridine rings is 1. The van der Waals surface area contributed by atoms with E-state index in [0.29, 0.717) is 34.0 Å². The van der Waals surface area contributed by atoms with Crippen molar-refractivity contribution < 1.29 is 14.6 Å². The van der Waals surface area contributed by atoms with E-state index in [1.807, 2.05) is 19.2 Å². The van der Waals surface area contributed by atoms with Crippen LogP contribution in [0.15, 0.2) is 18.3 Å². The highest BCUT2D eigenvalue weighted by Gasteiger charge is 2.77. The van der Waals surface area contributed by atoms with E-state index in [2.05, 4.69) is 25.8 Å². The van der Waals surface area contributed by atoms with E-state index in [1.165, 1.54) is 51.4 Å². The van der Waals surface area contributed by atoms with Gasteiger partial charge in [0.1, 0.15) is 11.4 Å². The summed E-state index contributed by atoms with van der Waals surface area (Å²) in [5.41, 5.74) is 1.99. The van der Waals surface area contributed by atoms with Crippen LogP contribution in [0.5, 0.6) is 5.75 Å². The number of hydrogen-bond donors (Lipinski definition) is 1. The molecule has 5 saturated carbocycles. The van der Waals surface area contributed by atoms with Crippen molar-refractivity contribution in [3.63, 3.8) is 0 Å². The van der Waals surface area contributed by atoms with Crippen LogP contribution >= 0.6 is 0 Å². The zero-order chi connectivity index (χ0) is 22.3. The second-order valence-corrected chi connectivity index (χ2v) is 12.4. The molecule has 1 heterocycles. The third kappa shape index (κ3) is 2.60. The Hall–Kier alpha value is -1.13. The van der Waals surface area contributed by atoms with Gasteiger partial charge in [-0.3, -0.25) is 4.98 Å². The zero-order valence-corrected chi connectivity index (χ0v) is 20.3. The Kier molecular flexibility index (Phi) is 4.81. The van der Waals surface area contributed by atoms with Gasteiger partial charge in [-0.25, -0.2) is 0 Å². The number of aromatic nitrogens is 1. The SMILES string of the molecule is COC1C[C@H]2[C@@H]3CC[C@H]([C@H](C)Oc4cccnc4CO)[C@@]3(C)CC[C@@H]2[C@@]2(C)CC[C@@H]3C[C@]132. The summed E-state index contributed by atoms with van der Waals surface area (Å²) in [5, 5.41) is 9.68. The van der Waals surface area contributed by atoms with Gasteiger partial charge in [-0.1, -0.05) is 13.8 Å². The Bertz CT molecular complexity index is 889. The van der Waals surface area contributed by atoms with Crippen molar-refractivity contribution in [2.24, 2.45) is 45.8 Å². The minimum atomic E-state index is -0.0725. The molecule has 5 aliphatic rings. The summed E-state index contributed by atoms with van der Waals surface area (Å²) in [6, 6.07) is 3.86. The smallest absolute Gasteiger partial charge is 0.143 e. The topological polar surface area (TPSA) is 51.6 Å². The summed E-state index contributed by atoms with van der Waals surface area (Å²) in [6.07, 6.45) is 13.2. The maximum absolute atomic E-state index is 9.68. The monoisotopic (exact) mass is 439 g/mol. The highest BCUT2D eigenvalue weighted by atomic mass is 16.5. The van der Waals surface area contributed by atoms with Crippen LogP contribution in [0, 0.1) is 45.8 Å². The van der Waals surface area contributed by atoms with E-state index in [0.717, 1.165) is 29.4 Å². The van der Waals surface area contributed by atoms with Gasteiger partial charge < -0.3 is 14.6 Å². The van der Waals surface area contributed by atoms with Crippen LogP contribution in [-0.4, -0.2) is 29.4 Å². The molecule has 176 valence electrons. The van der Waals surface area contributed by atoms with Gasteiger partial charge in [-0.2, -0.15) is 0 Å². The average molecular weight is 440 g/mol. The molecule has 1 aromatic heterocycles. The predicted octanol–water partition coefficient (Wildman–Crippen LogP) is 5.63. The molecule has 10 atom stereocenters. The molecule has 0 aromatic carbocycles. The fourth-order valence-electron chi connectivity index (χ4n) is 10.3. The number of aliphatic hydroxyl groups excluding tert-OH is 1. The molecule has 6 rings (SSSR count). The molecule has 1 N–H and O–H groups in total. The standard InChI is InChI=1S/C28H41NO3/c1-17(32-24-6-5-13-29-23(24)16-30)20-7-8-21-19-14-25(31-4)28-15-18(28)9-12-27(28,3)22(19)10-11-26(20,21)2/h5-6,13,17-22,25,30H,7-12,14-16H2,1-4H3/t17-,18+,19-,20+,21-,22-,25?,26+,27+,28+/m0/s1. The van der Waals surface area contributed by atoms with Crippen molar-refractivity contribution in [2.75, 3.05) is 7.11 Å². The quantitative estimate of drug-likeness (QED) is 0.646. The Labute approximate surface area is 193 Å². The number of aliphatic hydroxyl groups is 1. The van der Waals surface area contributed by atoms with E-state index >= 15 is 0 Å². The minimum absolute atomic E-state index is 0.0725. The predicted molar refractivity (Wildman–Crippen MR) is 124 cm³/mol. The molecule has 32 heavy (non-hydrogen) atoms. The van der Waals surface area contributed by atoms with Crippen molar-refractivity contribution in [1.29, 1.82) is 0 Å². The van der Waals surface area contributed by atoms with Crippen molar-refractivity contribution in [3.8, 4) is 5.75 Å². The first kappa shape index (κ1) is 21.4. The third-order valence-electron chi connectivity index (χ3n) is 11.8. The molecule has 0 radical (unpaired) electrons. The van der Waals surface area contributed by atoms with E-state index in [9.17, 15) is 5.11 Å². The first-order valence-corrected chi connectivity index (χ1v) is 13.1. The molecule has 1 aromatic rings. The number of hydrogen-bond acceptors (Lipinski definition) is 4. The minimum Gasteiger partial charge on any atom is -0.488 e. The van der Waals surface area contributed by atoms with Gasteiger partial charge in [-0.15, -0.1) is 0 Å². The maximum Gasteiger partial charge on any atom is 0.143 e. The van der Waals surface area contributed by atoms with Gasteiger partial charge in [0, 0.05) is 24.6 Å². The number of nitrogens with zero attached hydrogens (tertiary/aromatic N) is 1. The number of fused-ring (bicyclic) bond motifs is 4. The van der Waals surface area contributed by atoms with Crippen LogP contribution in [0.3, 0.4) is 0 Å². The molecule has 0 bridgehead atoms. The zero-order valence-electron chi connectivity index (χ0n) is 20.3. The van der Waals surface area contributed by atoms with E-state index in [4.69, 9.17) is 9.47 Å². The van der Waals surface area contributed by atoms with E-state index in [1.54, 1.807) is 6.20 Å². The number of rotatable bonds is 5. The highest BCUT2D eigenvalue weighted by Crippen LogP contribution is 2.82. The molecule has 0 saturated heterocycles. The summed E-state index contributed by atoms with van der Waals surface area (Å²) >= 11 is 0. The fraction of sp³-hybridized carbons (Fsp3) is 0.821. The highest BCUT2D eigenvalue weighted by molar-refractivity contribution is 5.28. The van der Waals surface area contributed by atoms with E-state index in [-0.39, 0.29) is 12.7 Å². The maximum atomic E-state index is 9.68. The molecular weight excluding hydrogens is 398 g/mol. The molecule has 5 fully saturated rings. The van der Waals surface area contributed by atoms with Gasteiger partial charge in [0.2, 0.25) is 0 Å². The Morgan fingerprint density at radius 3 is 2.75 bits per heavy atom. The van der Waals surface area contributed by atoms with Gasteiger partial charge in [0.05, 0.1) is 18.8 Å². The lowest BCUT2D eigenvalue weighted by atomic mass is 9.45. The second-order valence-electron chi connectivity index (χ2n) is 12.4. The van der Waals surface area contributed by atoms with E-state index < -0.39 is 0 Å². The normalized spacial score (nSPS) is 49.5. The molecule has 0 amide bonds. The molecule has 0 aliphatic heterocycles. The molecule has 1 spiro atoms. The molecule has 4 nitrogen and oxygen atoms in total. The molecule has 1 unspecified atom stereocenters. The third-order valence-corrected chi connectivity index (χ3v) is 11.8. The lowest BCUT2D eigenvalue weighted by Crippen LogP contribution is -2.57. The van der Waals surface area contributed by atoms with Crippen molar-refractivity contribution >= 4 is 0 Å². The Morgan fingerprint density at radius 1 is 1.16 bits per heavy atom. The van der Waals surface area contributed by atoms with Crippen LogP contribution in [0.2, 0.25) is 0 Å². The van der Waals surface area contributed by atoms with Gasteiger partial charge in [-0.05, 0) is 105 Å². The van der Waals surface area contributed by atoms with Crippen molar-refractivity contribution in [3.05, 3.63) is 24.0 Å². The second kappa shape index (κ2) is 7.18. The molecule has 5 aliphatic carbocycles. The van der Waals surface area contributed by atoms with Gasteiger partial charge in [0.15, 0.2) is 0 Å². The summed E-state index contributed by atoms with van der Waals surface area (Å²) in [7, 11) is 1.98. The van der Waals surface area contributed by atoms with Crippen LogP contribution in [0.4, 0.5) is 0 Å². The lowest BCUT2D eigenvalue weighted by Gasteiger charge is -2.61. The fourth-order valence-corrected chi connectivity index (χ4v) is 10.3. The average Bonchev–Trinajstić information content (AvgIpc) is 3.30. The Morgan fingerprint density at radius 2 is 2.00 bits per heavy atom. The molecule has 4 heteroatoms. The number of methoxy groups -OCH3 is 1. The summed E-state index contributed by atoms with van der Waals surface area (Å²) in [6.45, 7) is 7.41. The van der Waals surface area contributed by atoms with Crippen molar-refractivity contribution in [2.45, 2.75) is 91.0 Å². The summed E-state index contributed by atoms with van der Waals surface area (Å²) in [4.78, 5) is 4.31. The van der Waals surface area contributed by atoms with Crippen LogP contribution in [0.1, 0.15) is 77.8 Å². The summed E-state index contributed by atoms with van der Waals surface area (Å²) in [5.74, 6) is 4.72. The van der Waals surface area contributed by atoms with Crippen LogP contribution < -0.4 is 4.74 Å². The molecular formula is C28H41NO3. The first-order valence-electron chi connectivity index (χ1n) is 13.1. The van der Waals surface area contributed by atoms with Crippen molar-refractivity contribution in [1.82, 2.24) is 4.98 Å². The van der Waals surface area contributed by atoms with Crippen LogP contribution in [-0.2, 0) is 11.3 Å². The lowest BCUT2D eigenvalue weighted by molar-refractivity contribution is -0.162. The van der Waals surface area contributed by atoms with Gasteiger partial charge in [0.25, 0.3) is 0 Å². The summed E-state index contributed by atoms with van der Waals surface area (Å²) < 4.78 is 12.7. The van der Waals surface area contributed by atoms with Crippen LogP contribution in [0.25, 0.3) is 0 Å². The Balaban J connectivity index is 1.26. The largest absolute Gasteiger partial charge is 0.488 e.